The van der Waals surface area contributed by atoms with Crippen molar-refractivity contribution in [3.8, 4) is 0 Å². The number of H-pyrrole nitrogens is 1. The van der Waals surface area contributed by atoms with Gasteiger partial charge in [-0.1, -0.05) is 30.3 Å². The first kappa shape index (κ1) is 16.5. The molecule has 2 N–H and O–H groups in total. The minimum atomic E-state index is -0.531. The molecule has 1 aromatic carbocycles. The molecule has 132 valence electrons. The summed E-state index contributed by atoms with van der Waals surface area (Å²) in [5.74, 6) is 0.842. The van der Waals surface area contributed by atoms with Crippen molar-refractivity contribution in [2.75, 3.05) is 13.2 Å². The van der Waals surface area contributed by atoms with Gasteiger partial charge in [0.2, 0.25) is 5.91 Å². The number of amides is 1. The predicted molar refractivity (Wildman–Crippen MR) is 95.7 cm³/mol. The third-order valence-corrected chi connectivity index (χ3v) is 5.49. The first-order valence-electron chi connectivity index (χ1n) is 8.78. The molecule has 1 saturated heterocycles. The zero-order chi connectivity index (χ0) is 17.3. The Kier molecular flexibility index (Phi) is 4.43. The molecule has 2 aliphatic rings. The molecule has 1 amide bonds. The molecule has 1 aromatic heterocycles. The van der Waals surface area contributed by atoms with Gasteiger partial charge < -0.3 is 10.1 Å². The van der Waals surface area contributed by atoms with Gasteiger partial charge in [0.25, 0.3) is 0 Å². The van der Waals surface area contributed by atoms with E-state index in [1.165, 1.54) is 0 Å². The van der Waals surface area contributed by atoms with Crippen LogP contribution in [0, 0.1) is 4.77 Å². The fraction of sp³-hybridized carbons (Fsp3) is 0.500. The van der Waals surface area contributed by atoms with Crippen molar-refractivity contribution in [1.82, 2.24) is 20.1 Å². The van der Waals surface area contributed by atoms with E-state index < -0.39 is 5.41 Å². The van der Waals surface area contributed by atoms with Crippen LogP contribution in [0.2, 0.25) is 0 Å². The zero-order valence-corrected chi connectivity index (χ0v) is 14.8. The van der Waals surface area contributed by atoms with Crippen molar-refractivity contribution in [3.05, 3.63) is 46.5 Å². The highest BCUT2D eigenvalue weighted by molar-refractivity contribution is 7.71. The molecule has 2 heterocycles. The molecule has 0 atom stereocenters. The zero-order valence-electron chi connectivity index (χ0n) is 14.0. The molecule has 0 spiro atoms. The number of rotatable bonds is 5. The van der Waals surface area contributed by atoms with E-state index in [4.69, 9.17) is 17.0 Å². The summed E-state index contributed by atoms with van der Waals surface area (Å²) in [6.45, 7) is 1.59. The topological polar surface area (TPSA) is 71.9 Å². The monoisotopic (exact) mass is 358 g/mol. The third-order valence-electron chi connectivity index (χ3n) is 5.20. The summed E-state index contributed by atoms with van der Waals surface area (Å²) in [4.78, 5) is 13.2. The highest BCUT2D eigenvalue weighted by Gasteiger charge is 2.41. The SMILES string of the molecule is O=C(NCc1n[nH]c(=S)n1C1CC1)C1(c2ccccc2)CCOCC1. The fourth-order valence-electron chi connectivity index (χ4n) is 3.62. The summed E-state index contributed by atoms with van der Waals surface area (Å²) >= 11 is 5.31. The number of carbonyl (C=O) groups is 1. The van der Waals surface area contributed by atoms with Gasteiger partial charge in [-0.3, -0.25) is 14.5 Å². The largest absolute Gasteiger partial charge is 0.381 e. The average molecular weight is 358 g/mol. The molecule has 25 heavy (non-hydrogen) atoms. The van der Waals surface area contributed by atoms with Crippen molar-refractivity contribution in [2.24, 2.45) is 0 Å². The van der Waals surface area contributed by atoms with E-state index in [9.17, 15) is 4.79 Å². The van der Waals surface area contributed by atoms with Crippen LogP contribution in [-0.2, 0) is 21.5 Å². The van der Waals surface area contributed by atoms with E-state index >= 15 is 0 Å². The number of hydrogen-bond acceptors (Lipinski definition) is 4. The molecule has 2 aromatic rings. The summed E-state index contributed by atoms with van der Waals surface area (Å²) in [5.41, 5.74) is 0.522. The Morgan fingerprint density at radius 2 is 2.04 bits per heavy atom. The first-order valence-corrected chi connectivity index (χ1v) is 9.19. The second kappa shape index (κ2) is 6.72. The van der Waals surface area contributed by atoms with E-state index in [0.717, 1.165) is 24.2 Å². The lowest BCUT2D eigenvalue weighted by atomic mass is 9.73. The fourth-order valence-corrected chi connectivity index (χ4v) is 3.92. The summed E-state index contributed by atoms with van der Waals surface area (Å²) in [6.07, 6.45) is 3.64. The van der Waals surface area contributed by atoms with Gasteiger partial charge in [0.05, 0.1) is 12.0 Å². The van der Waals surface area contributed by atoms with Gasteiger partial charge in [-0.05, 0) is 43.5 Å². The van der Waals surface area contributed by atoms with Crippen LogP contribution in [0.25, 0.3) is 0 Å². The number of carbonyl (C=O) groups excluding carboxylic acids is 1. The maximum absolute atomic E-state index is 13.2. The molecular formula is C18H22N4O2S. The van der Waals surface area contributed by atoms with Crippen LogP contribution >= 0.6 is 12.2 Å². The quantitative estimate of drug-likeness (QED) is 0.806. The molecule has 7 heteroatoms. The predicted octanol–water partition coefficient (Wildman–Crippen LogP) is 2.64. The Morgan fingerprint density at radius 1 is 1.32 bits per heavy atom. The summed E-state index contributed by atoms with van der Waals surface area (Å²) in [5, 5.41) is 10.2. The molecule has 1 aliphatic heterocycles. The molecule has 6 nitrogen and oxygen atoms in total. The van der Waals surface area contributed by atoms with Crippen molar-refractivity contribution >= 4 is 18.1 Å². The van der Waals surface area contributed by atoms with Gasteiger partial charge in [-0.15, -0.1) is 0 Å². The Hall–Kier alpha value is -1.99. The molecule has 1 aliphatic carbocycles. The lowest BCUT2D eigenvalue weighted by Crippen LogP contribution is -2.48. The number of nitrogens with one attached hydrogen (secondary N) is 2. The van der Waals surface area contributed by atoms with Gasteiger partial charge in [-0.25, -0.2) is 0 Å². The maximum Gasteiger partial charge on any atom is 0.231 e. The van der Waals surface area contributed by atoms with E-state index in [-0.39, 0.29) is 5.91 Å². The van der Waals surface area contributed by atoms with Gasteiger partial charge in [0, 0.05) is 19.3 Å². The van der Waals surface area contributed by atoms with Crippen LogP contribution in [0.1, 0.15) is 43.1 Å². The number of aromatic amines is 1. The Morgan fingerprint density at radius 3 is 2.72 bits per heavy atom. The second-order valence-corrected chi connectivity index (χ2v) is 7.18. The first-order chi connectivity index (χ1) is 12.2. The summed E-state index contributed by atoms with van der Waals surface area (Å²) in [6, 6.07) is 10.4. The molecule has 1 saturated carbocycles. The van der Waals surface area contributed by atoms with E-state index in [1.807, 2.05) is 34.9 Å². The van der Waals surface area contributed by atoms with Gasteiger partial charge >= 0.3 is 0 Å². The van der Waals surface area contributed by atoms with Gasteiger partial charge in [-0.2, -0.15) is 5.10 Å². The van der Waals surface area contributed by atoms with Crippen LogP contribution < -0.4 is 5.32 Å². The van der Waals surface area contributed by atoms with Gasteiger partial charge in [0.1, 0.15) is 0 Å². The molecule has 4 rings (SSSR count). The number of nitrogens with zero attached hydrogens (tertiary/aromatic N) is 2. The number of hydrogen-bond donors (Lipinski definition) is 2. The van der Waals surface area contributed by atoms with E-state index in [2.05, 4.69) is 15.5 Å². The van der Waals surface area contributed by atoms with Crippen LogP contribution in [0.5, 0.6) is 0 Å². The second-order valence-electron chi connectivity index (χ2n) is 6.79. The van der Waals surface area contributed by atoms with Crippen LogP contribution in [0.4, 0.5) is 0 Å². The normalized spacial score (nSPS) is 19.5. The molecular weight excluding hydrogens is 336 g/mol. The number of benzene rings is 1. The van der Waals surface area contributed by atoms with Crippen LogP contribution in [0.3, 0.4) is 0 Å². The Labute approximate surface area is 151 Å². The highest BCUT2D eigenvalue weighted by Crippen LogP contribution is 2.37. The van der Waals surface area contributed by atoms with Gasteiger partial charge in [0.15, 0.2) is 10.6 Å². The Bertz CT molecular complexity index is 804. The standard InChI is InChI=1S/C18H22N4O2S/c23-16(19-12-15-20-21-17(25)22(15)14-6-7-14)18(8-10-24-11-9-18)13-4-2-1-3-5-13/h1-5,14H,6-12H2,(H,19,23)(H,21,25). The molecule has 2 fully saturated rings. The minimum Gasteiger partial charge on any atom is -0.381 e. The lowest BCUT2D eigenvalue weighted by Gasteiger charge is -2.36. The maximum atomic E-state index is 13.2. The van der Waals surface area contributed by atoms with Crippen LogP contribution in [0.15, 0.2) is 30.3 Å². The molecule has 0 bridgehead atoms. The summed E-state index contributed by atoms with van der Waals surface area (Å²) < 4.78 is 8.18. The van der Waals surface area contributed by atoms with E-state index in [0.29, 0.717) is 43.4 Å². The van der Waals surface area contributed by atoms with E-state index in [1.54, 1.807) is 0 Å². The summed E-state index contributed by atoms with van der Waals surface area (Å²) in [7, 11) is 0. The number of ether oxygens (including phenoxy) is 1. The Balaban J connectivity index is 1.55. The van der Waals surface area contributed by atoms with Crippen LogP contribution in [-0.4, -0.2) is 33.9 Å². The minimum absolute atomic E-state index is 0.0401. The van der Waals surface area contributed by atoms with Crippen molar-refractivity contribution in [2.45, 2.75) is 43.7 Å². The lowest BCUT2D eigenvalue weighted by molar-refractivity contribution is -0.130. The number of aromatic nitrogens is 3. The van der Waals surface area contributed by atoms with Crippen molar-refractivity contribution in [3.63, 3.8) is 0 Å². The molecule has 0 unspecified atom stereocenters. The third kappa shape index (κ3) is 3.14. The smallest absolute Gasteiger partial charge is 0.231 e. The van der Waals surface area contributed by atoms with Crippen molar-refractivity contribution in [1.29, 1.82) is 0 Å². The van der Waals surface area contributed by atoms with Crippen molar-refractivity contribution < 1.29 is 9.53 Å². The average Bonchev–Trinajstić information content (AvgIpc) is 3.43. The molecule has 0 radical (unpaired) electrons. The highest BCUT2D eigenvalue weighted by atomic mass is 32.1.